The molecule has 1 aliphatic rings. The first kappa shape index (κ1) is 23.8. The Hall–Kier alpha value is -2.88. The number of rotatable bonds is 6. The molecule has 2 N–H and O–H groups in total. The Kier molecular flexibility index (Phi) is 7.55. The number of nitrogens with one attached hydrogen (secondary N) is 2. The van der Waals surface area contributed by atoms with Crippen molar-refractivity contribution in [2.45, 2.75) is 4.90 Å². The topological polar surface area (TPSA) is 83.6 Å². The summed E-state index contributed by atoms with van der Waals surface area (Å²) in [4.78, 5) is 6.19. The van der Waals surface area contributed by atoms with Crippen LogP contribution in [0.5, 0.6) is 5.75 Å². The van der Waals surface area contributed by atoms with Gasteiger partial charge >= 0.3 is 0 Å². The van der Waals surface area contributed by atoms with E-state index in [4.69, 9.17) is 4.74 Å². The van der Waals surface area contributed by atoms with E-state index in [1.165, 1.54) is 12.1 Å². The predicted octanol–water partition coefficient (Wildman–Crippen LogP) is 3.53. The summed E-state index contributed by atoms with van der Waals surface area (Å²) in [6.07, 6.45) is 3.21. The lowest BCUT2D eigenvalue weighted by Gasteiger charge is -2.30. The van der Waals surface area contributed by atoms with Gasteiger partial charge in [0.25, 0.3) is 10.0 Å². The van der Waals surface area contributed by atoms with Gasteiger partial charge in [-0.1, -0.05) is 6.07 Å². The van der Waals surface area contributed by atoms with Crippen LogP contribution in [0.15, 0.2) is 65.8 Å². The van der Waals surface area contributed by atoms with Gasteiger partial charge in [-0.2, -0.15) is 0 Å². The molecule has 0 aliphatic carbocycles. The fourth-order valence-corrected chi connectivity index (χ4v) is 4.61. The van der Waals surface area contributed by atoms with Crippen LogP contribution in [0, 0.1) is 5.82 Å². The highest BCUT2D eigenvalue weighted by atomic mass is 35.5. The maximum Gasteiger partial charge on any atom is 0.261 e. The highest BCUT2D eigenvalue weighted by Gasteiger charge is 2.21. The molecule has 32 heavy (non-hydrogen) atoms. The van der Waals surface area contributed by atoms with E-state index in [9.17, 15) is 12.8 Å². The van der Waals surface area contributed by atoms with Gasteiger partial charge in [-0.15, -0.1) is 12.4 Å². The molecule has 0 spiro atoms. The molecular weight excluding hydrogens is 455 g/mol. The van der Waals surface area contributed by atoms with Gasteiger partial charge in [0.15, 0.2) is 0 Å². The standard InChI is InChI=1S/C22H23FN4O3S.ClH/c1-30-22-5-4-20(14-21(22)27-9-7-24-8-10-27)31(28,29)26-19-12-17(11-18(23)13-19)16-3-2-6-25-15-16;/h2-6,11-15,24,26H,7-10H2,1H3;1H. The summed E-state index contributed by atoms with van der Waals surface area (Å²) in [5.41, 5.74) is 2.07. The van der Waals surface area contributed by atoms with E-state index < -0.39 is 15.8 Å². The van der Waals surface area contributed by atoms with Crippen LogP contribution >= 0.6 is 12.4 Å². The number of methoxy groups -OCH3 is 1. The molecule has 7 nitrogen and oxygen atoms in total. The molecule has 0 atom stereocenters. The van der Waals surface area contributed by atoms with E-state index in [0.29, 0.717) is 22.6 Å². The predicted molar refractivity (Wildman–Crippen MR) is 126 cm³/mol. The molecule has 1 fully saturated rings. The summed E-state index contributed by atoms with van der Waals surface area (Å²) in [6.45, 7) is 3.09. The molecule has 0 unspecified atom stereocenters. The van der Waals surface area contributed by atoms with Gasteiger partial charge in [-0.25, -0.2) is 12.8 Å². The lowest BCUT2D eigenvalue weighted by atomic mass is 10.1. The Labute approximate surface area is 193 Å². The number of ether oxygens (including phenoxy) is 1. The summed E-state index contributed by atoms with van der Waals surface area (Å²) >= 11 is 0. The zero-order chi connectivity index (χ0) is 21.8. The van der Waals surface area contributed by atoms with Crippen molar-refractivity contribution in [3.05, 3.63) is 66.7 Å². The van der Waals surface area contributed by atoms with E-state index in [1.807, 2.05) is 0 Å². The first-order chi connectivity index (χ1) is 15.0. The smallest absolute Gasteiger partial charge is 0.261 e. The fraction of sp³-hybridized carbons (Fsp3) is 0.227. The van der Waals surface area contributed by atoms with E-state index in [2.05, 4.69) is 19.9 Å². The third kappa shape index (κ3) is 5.29. The first-order valence-corrected chi connectivity index (χ1v) is 11.3. The van der Waals surface area contributed by atoms with Gasteiger partial charge in [0.05, 0.1) is 23.4 Å². The van der Waals surface area contributed by atoms with Crippen molar-refractivity contribution in [1.82, 2.24) is 10.3 Å². The molecular formula is C22H24ClFN4O3S. The second kappa shape index (κ2) is 10.2. The lowest BCUT2D eigenvalue weighted by Crippen LogP contribution is -2.43. The van der Waals surface area contributed by atoms with Gasteiger partial charge in [0, 0.05) is 44.1 Å². The summed E-state index contributed by atoms with van der Waals surface area (Å²) in [5, 5.41) is 3.27. The number of piperazine rings is 1. The Balaban J connectivity index is 0.00000289. The Morgan fingerprint density at radius 3 is 2.56 bits per heavy atom. The van der Waals surface area contributed by atoms with Crippen molar-refractivity contribution in [3.63, 3.8) is 0 Å². The molecule has 1 aromatic heterocycles. The molecule has 1 aliphatic heterocycles. The van der Waals surface area contributed by atoms with E-state index in [-0.39, 0.29) is 23.0 Å². The Bertz CT molecular complexity index is 1170. The van der Waals surface area contributed by atoms with Crippen molar-refractivity contribution in [2.24, 2.45) is 0 Å². The molecule has 0 amide bonds. The van der Waals surface area contributed by atoms with Crippen LogP contribution in [0.3, 0.4) is 0 Å². The van der Waals surface area contributed by atoms with Crippen molar-refractivity contribution in [3.8, 4) is 16.9 Å². The molecule has 10 heteroatoms. The highest BCUT2D eigenvalue weighted by molar-refractivity contribution is 7.92. The summed E-state index contributed by atoms with van der Waals surface area (Å²) in [5.74, 6) is 0.0563. The molecule has 1 saturated heterocycles. The second-order valence-corrected chi connectivity index (χ2v) is 8.83. The van der Waals surface area contributed by atoms with E-state index in [1.54, 1.807) is 49.8 Å². The number of anilines is 2. The van der Waals surface area contributed by atoms with E-state index in [0.717, 1.165) is 32.2 Å². The van der Waals surface area contributed by atoms with Crippen molar-refractivity contribution >= 4 is 33.8 Å². The SMILES string of the molecule is COc1ccc(S(=O)(=O)Nc2cc(F)cc(-c3cccnc3)c2)cc1N1CCNCC1.Cl. The molecule has 0 radical (unpaired) electrons. The first-order valence-electron chi connectivity index (χ1n) is 9.84. The number of sulfonamides is 1. The lowest BCUT2D eigenvalue weighted by molar-refractivity contribution is 0.412. The number of hydrogen-bond donors (Lipinski definition) is 2. The average molecular weight is 479 g/mol. The normalized spacial score (nSPS) is 13.9. The number of nitrogens with zero attached hydrogens (tertiary/aromatic N) is 2. The van der Waals surface area contributed by atoms with Crippen LogP contribution in [0.4, 0.5) is 15.8 Å². The molecule has 2 aromatic carbocycles. The van der Waals surface area contributed by atoms with Crippen LogP contribution in [0.2, 0.25) is 0 Å². The maximum absolute atomic E-state index is 14.2. The third-order valence-electron chi connectivity index (χ3n) is 5.06. The van der Waals surface area contributed by atoms with E-state index >= 15 is 0 Å². The van der Waals surface area contributed by atoms with Gasteiger partial charge in [-0.05, 0) is 48.0 Å². The fourth-order valence-electron chi connectivity index (χ4n) is 3.55. The molecule has 170 valence electrons. The molecule has 0 saturated carbocycles. The Morgan fingerprint density at radius 2 is 1.88 bits per heavy atom. The minimum Gasteiger partial charge on any atom is -0.495 e. The second-order valence-electron chi connectivity index (χ2n) is 7.15. The molecule has 4 rings (SSSR count). The van der Waals surface area contributed by atoms with Crippen LogP contribution in [0.25, 0.3) is 11.1 Å². The number of pyridine rings is 1. The maximum atomic E-state index is 14.2. The van der Waals surface area contributed by atoms with Crippen molar-refractivity contribution in [2.75, 3.05) is 42.9 Å². The molecule has 2 heterocycles. The largest absolute Gasteiger partial charge is 0.495 e. The third-order valence-corrected chi connectivity index (χ3v) is 6.44. The molecule has 3 aromatic rings. The molecule has 0 bridgehead atoms. The van der Waals surface area contributed by atoms with Gasteiger partial charge in [-0.3, -0.25) is 9.71 Å². The number of aromatic nitrogens is 1. The van der Waals surface area contributed by atoms with Crippen LogP contribution < -0.4 is 19.7 Å². The number of hydrogen-bond acceptors (Lipinski definition) is 6. The quantitative estimate of drug-likeness (QED) is 0.564. The average Bonchev–Trinajstić information content (AvgIpc) is 2.79. The summed E-state index contributed by atoms with van der Waals surface area (Å²) in [6, 6.07) is 12.3. The van der Waals surface area contributed by atoms with Crippen LogP contribution in [-0.2, 0) is 10.0 Å². The monoisotopic (exact) mass is 478 g/mol. The van der Waals surface area contributed by atoms with Crippen LogP contribution in [0.1, 0.15) is 0 Å². The van der Waals surface area contributed by atoms with Gasteiger partial charge in [0.1, 0.15) is 11.6 Å². The Morgan fingerprint density at radius 1 is 1.09 bits per heavy atom. The number of benzene rings is 2. The number of halogens is 2. The van der Waals surface area contributed by atoms with Gasteiger partial charge in [0.2, 0.25) is 0 Å². The summed E-state index contributed by atoms with van der Waals surface area (Å²) < 4.78 is 48.3. The van der Waals surface area contributed by atoms with Crippen molar-refractivity contribution in [1.29, 1.82) is 0 Å². The van der Waals surface area contributed by atoms with Crippen molar-refractivity contribution < 1.29 is 17.5 Å². The zero-order valence-corrected chi connectivity index (χ0v) is 19.0. The summed E-state index contributed by atoms with van der Waals surface area (Å²) in [7, 11) is -2.39. The van der Waals surface area contributed by atoms with Gasteiger partial charge < -0.3 is 15.0 Å². The highest BCUT2D eigenvalue weighted by Crippen LogP contribution is 2.32. The minimum atomic E-state index is -3.95. The minimum absolute atomic E-state index is 0. The zero-order valence-electron chi connectivity index (χ0n) is 17.4. The van der Waals surface area contributed by atoms with Crippen LogP contribution in [-0.4, -0.2) is 46.7 Å².